The van der Waals surface area contributed by atoms with Crippen LogP contribution in [0.25, 0.3) is 30.8 Å². The summed E-state index contributed by atoms with van der Waals surface area (Å²) in [5, 5.41) is 1.68. The zero-order chi connectivity index (χ0) is 25.9. The summed E-state index contributed by atoms with van der Waals surface area (Å²) in [7, 11) is 0. The topological polar surface area (TPSA) is 78.4 Å². The minimum atomic E-state index is -0.396. The van der Waals surface area contributed by atoms with Gasteiger partial charge in [-0.2, -0.15) is 0 Å². The molecule has 0 amide bonds. The van der Waals surface area contributed by atoms with E-state index in [1.807, 2.05) is 36.4 Å². The van der Waals surface area contributed by atoms with E-state index in [0.29, 0.717) is 22.6 Å². The maximum atomic E-state index is 12.3. The number of ether oxygens (including phenoxy) is 2. The molecule has 0 unspecified atom stereocenters. The molecule has 0 saturated carbocycles. The molecule has 184 valence electrons. The Hall–Kier alpha value is -4.66. The molecular formula is C30H18N2O4S2. The van der Waals surface area contributed by atoms with E-state index in [-0.39, 0.29) is 0 Å². The number of carbonyl (C=O) groups excluding carboxylic acids is 2. The van der Waals surface area contributed by atoms with Gasteiger partial charge in [0, 0.05) is 11.1 Å². The molecule has 8 heteroatoms. The van der Waals surface area contributed by atoms with Crippen molar-refractivity contribution >= 4 is 44.3 Å². The number of esters is 2. The van der Waals surface area contributed by atoms with E-state index in [2.05, 4.69) is 0 Å². The minimum absolute atomic E-state index is 0.396. The molecule has 0 bridgehead atoms. The number of fused-ring (bicyclic) bond motifs is 1. The predicted octanol–water partition coefficient (Wildman–Crippen LogP) is 7.53. The lowest BCUT2D eigenvalue weighted by atomic mass is 10.2. The zero-order valence-electron chi connectivity index (χ0n) is 19.7. The highest BCUT2D eigenvalue weighted by Gasteiger charge is 2.15. The molecule has 6 rings (SSSR count). The average molecular weight is 535 g/mol. The van der Waals surface area contributed by atoms with Crippen LogP contribution in [0, 0.1) is 0 Å². The Labute approximate surface area is 225 Å². The second-order valence-corrected chi connectivity index (χ2v) is 10.2. The molecule has 0 aliphatic carbocycles. The molecule has 38 heavy (non-hydrogen) atoms. The first-order valence-electron chi connectivity index (χ1n) is 11.6. The second-order valence-electron chi connectivity index (χ2n) is 8.21. The Morgan fingerprint density at radius 3 is 1.24 bits per heavy atom. The molecule has 0 aliphatic rings. The van der Waals surface area contributed by atoms with Gasteiger partial charge in [0.05, 0.1) is 11.1 Å². The van der Waals surface area contributed by atoms with Crippen molar-refractivity contribution in [2.75, 3.05) is 0 Å². The number of hydrogen-bond acceptors (Lipinski definition) is 8. The van der Waals surface area contributed by atoms with E-state index in [1.54, 1.807) is 72.8 Å². The maximum absolute atomic E-state index is 12.3. The van der Waals surface area contributed by atoms with Gasteiger partial charge in [-0.25, -0.2) is 19.6 Å². The molecule has 0 spiro atoms. The first-order chi connectivity index (χ1) is 18.6. The molecule has 0 N–H and O–H groups in total. The highest BCUT2D eigenvalue weighted by Crippen LogP contribution is 2.37. The molecule has 2 aromatic heterocycles. The van der Waals surface area contributed by atoms with Crippen LogP contribution < -0.4 is 9.47 Å². The van der Waals surface area contributed by atoms with Crippen LogP contribution in [0.5, 0.6) is 11.5 Å². The summed E-state index contributed by atoms with van der Waals surface area (Å²) >= 11 is 3.01. The first-order valence-corrected chi connectivity index (χ1v) is 13.3. The number of hydrogen-bond donors (Lipinski definition) is 0. The third-order valence-corrected chi connectivity index (χ3v) is 7.74. The molecule has 0 saturated heterocycles. The Kier molecular flexibility index (Phi) is 6.47. The summed E-state index contributed by atoms with van der Waals surface area (Å²) < 4.78 is 10.9. The Morgan fingerprint density at radius 1 is 0.500 bits per heavy atom. The van der Waals surface area contributed by atoms with Crippen molar-refractivity contribution in [3.8, 4) is 32.6 Å². The fourth-order valence-electron chi connectivity index (χ4n) is 3.70. The molecule has 4 aromatic carbocycles. The van der Waals surface area contributed by atoms with E-state index in [4.69, 9.17) is 19.4 Å². The average Bonchev–Trinajstić information content (AvgIpc) is 3.55. The van der Waals surface area contributed by atoms with Crippen LogP contribution in [0.3, 0.4) is 0 Å². The van der Waals surface area contributed by atoms with Crippen molar-refractivity contribution in [2.45, 2.75) is 0 Å². The summed E-state index contributed by atoms with van der Waals surface area (Å²) in [4.78, 5) is 35.7. The van der Waals surface area contributed by atoms with Crippen molar-refractivity contribution in [3.63, 3.8) is 0 Å². The Morgan fingerprint density at radius 2 is 0.868 bits per heavy atom. The van der Waals surface area contributed by atoms with Crippen LogP contribution >= 0.6 is 22.7 Å². The van der Waals surface area contributed by atoms with E-state index < -0.39 is 11.9 Å². The van der Waals surface area contributed by atoms with Gasteiger partial charge in [-0.05, 0) is 72.8 Å². The fraction of sp³-hybridized carbons (Fsp3) is 0. The Bertz CT molecular complexity index is 1570. The molecular weight excluding hydrogens is 516 g/mol. The summed E-state index contributed by atoms with van der Waals surface area (Å²) in [6.45, 7) is 0. The largest absolute Gasteiger partial charge is 0.423 e. The highest BCUT2D eigenvalue weighted by molar-refractivity contribution is 7.29. The second kappa shape index (κ2) is 10.4. The first kappa shape index (κ1) is 23.7. The van der Waals surface area contributed by atoms with Gasteiger partial charge >= 0.3 is 11.9 Å². The van der Waals surface area contributed by atoms with Crippen molar-refractivity contribution < 1.29 is 19.1 Å². The zero-order valence-corrected chi connectivity index (χ0v) is 21.4. The third-order valence-electron chi connectivity index (χ3n) is 5.62. The van der Waals surface area contributed by atoms with Gasteiger partial charge in [-0.3, -0.25) is 0 Å². The van der Waals surface area contributed by atoms with E-state index >= 15 is 0 Å². The summed E-state index contributed by atoms with van der Waals surface area (Å²) in [5.41, 5.74) is 2.85. The van der Waals surface area contributed by atoms with Gasteiger partial charge in [0.2, 0.25) is 0 Å². The highest BCUT2D eigenvalue weighted by atomic mass is 32.1. The van der Waals surface area contributed by atoms with E-state index in [9.17, 15) is 9.59 Å². The molecule has 6 aromatic rings. The molecule has 2 heterocycles. The molecule has 0 aliphatic heterocycles. The number of benzene rings is 4. The van der Waals surface area contributed by atoms with Crippen LogP contribution in [0.2, 0.25) is 0 Å². The van der Waals surface area contributed by atoms with Crippen LogP contribution in [0.1, 0.15) is 20.7 Å². The SMILES string of the molecule is O=C(Oc1ccc(-c2nc3sc(-c4ccc(OC(=O)c5ccccc5)cc4)nc3s2)cc1)c1ccccc1. The lowest BCUT2D eigenvalue weighted by molar-refractivity contribution is 0.0725. The lowest BCUT2D eigenvalue weighted by Crippen LogP contribution is -2.07. The third kappa shape index (κ3) is 5.08. The monoisotopic (exact) mass is 534 g/mol. The van der Waals surface area contributed by atoms with E-state index in [1.165, 1.54) is 22.7 Å². The minimum Gasteiger partial charge on any atom is -0.423 e. The smallest absolute Gasteiger partial charge is 0.343 e. The van der Waals surface area contributed by atoms with Crippen LogP contribution in [0.15, 0.2) is 109 Å². The number of thiazole rings is 2. The molecule has 6 nitrogen and oxygen atoms in total. The molecule has 0 fully saturated rings. The maximum Gasteiger partial charge on any atom is 0.343 e. The van der Waals surface area contributed by atoms with Gasteiger partial charge in [0.1, 0.15) is 21.5 Å². The summed E-state index contributed by atoms with van der Waals surface area (Å²) in [6, 6.07) is 32.3. The Balaban J connectivity index is 1.13. The molecule has 0 radical (unpaired) electrons. The van der Waals surface area contributed by atoms with Gasteiger partial charge < -0.3 is 9.47 Å². The van der Waals surface area contributed by atoms with Crippen LogP contribution in [0.4, 0.5) is 0 Å². The van der Waals surface area contributed by atoms with E-state index in [0.717, 1.165) is 30.8 Å². The number of nitrogens with zero attached hydrogens (tertiary/aromatic N) is 2. The van der Waals surface area contributed by atoms with Crippen LogP contribution in [-0.2, 0) is 0 Å². The summed E-state index contributed by atoms with van der Waals surface area (Å²) in [6.07, 6.45) is 0. The van der Waals surface area contributed by atoms with Crippen LogP contribution in [-0.4, -0.2) is 21.9 Å². The fourth-order valence-corrected chi connectivity index (χ4v) is 5.75. The number of aromatic nitrogens is 2. The summed E-state index contributed by atoms with van der Waals surface area (Å²) in [5.74, 6) is 0.151. The standard InChI is InChI=1S/C30H18N2O4S2/c33-29(21-7-3-1-4-8-21)35-23-15-11-19(12-16-23)25-31-27-28(37-25)32-26(38-27)20-13-17-24(18-14-20)36-30(34)22-9-5-2-6-10-22/h1-18H. The van der Waals surface area contributed by atoms with Crippen molar-refractivity contribution in [1.29, 1.82) is 0 Å². The lowest BCUT2D eigenvalue weighted by Gasteiger charge is -2.05. The van der Waals surface area contributed by atoms with Crippen molar-refractivity contribution in [1.82, 2.24) is 9.97 Å². The number of rotatable bonds is 6. The van der Waals surface area contributed by atoms with Crippen molar-refractivity contribution in [3.05, 3.63) is 120 Å². The molecule has 0 atom stereocenters. The van der Waals surface area contributed by atoms with Gasteiger partial charge in [-0.1, -0.05) is 59.1 Å². The van der Waals surface area contributed by atoms with Gasteiger partial charge in [0.25, 0.3) is 0 Å². The normalized spacial score (nSPS) is 10.8. The van der Waals surface area contributed by atoms with Gasteiger partial charge in [0.15, 0.2) is 9.66 Å². The van der Waals surface area contributed by atoms with Crippen molar-refractivity contribution in [2.24, 2.45) is 0 Å². The quantitative estimate of drug-likeness (QED) is 0.162. The van der Waals surface area contributed by atoms with Gasteiger partial charge in [-0.15, -0.1) is 0 Å². The number of carbonyl (C=O) groups is 2. The predicted molar refractivity (Wildman–Crippen MR) is 149 cm³/mol.